The summed E-state index contributed by atoms with van der Waals surface area (Å²) < 4.78 is 11.7. The van der Waals surface area contributed by atoms with Gasteiger partial charge in [-0.05, 0) is 31.2 Å². The summed E-state index contributed by atoms with van der Waals surface area (Å²) in [5.41, 5.74) is 1.49. The molecule has 25 heavy (non-hydrogen) atoms. The van der Waals surface area contributed by atoms with E-state index in [2.05, 4.69) is 10.3 Å². The van der Waals surface area contributed by atoms with Crippen LogP contribution in [0.1, 0.15) is 6.92 Å². The van der Waals surface area contributed by atoms with Gasteiger partial charge in [-0.2, -0.15) is 0 Å². The van der Waals surface area contributed by atoms with Gasteiger partial charge in [0.15, 0.2) is 0 Å². The molecule has 1 saturated heterocycles. The minimum Gasteiger partial charge on any atom is -0.379 e. The van der Waals surface area contributed by atoms with Crippen LogP contribution in [0, 0.1) is 0 Å². The molecule has 3 rings (SSSR count). The van der Waals surface area contributed by atoms with Crippen LogP contribution >= 0.6 is 22.9 Å². The van der Waals surface area contributed by atoms with Crippen LogP contribution in [0.3, 0.4) is 0 Å². The standard InChI is InChI=1S/C17H20ClN3O3S/c1-2-23-11-13-10-21(7-8-24-13)17(22)20-12-3-4-14(19-9-12)15-5-6-16(18)25-15/h3-6,9,13H,2,7-8,10-11H2,1H3,(H,20,22). The van der Waals surface area contributed by atoms with Crippen molar-refractivity contribution in [1.29, 1.82) is 0 Å². The summed E-state index contributed by atoms with van der Waals surface area (Å²) in [4.78, 5) is 19.5. The Labute approximate surface area is 155 Å². The number of ether oxygens (including phenoxy) is 2. The molecule has 1 aliphatic heterocycles. The average Bonchev–Trinajstić information content (AvgIpc) is 3.07. The first-order chi connectivity index (χ1) is 12.2. The number of aromatic nitrogens is 1. The molecular weight excluding hydrogens is 362 g/mol. The first-order valence-electron chi connectivity index (χ1n) is 8.12. The van der Waals surface area contributed by atoms with Crippen molar-refractivity contribution >= 4 is 34.7 Å². The third-order valence-electron chi connectivity index (χ3n) is 3.77. The van der Waals surface area contributed by atoms with Gasteiger partial charge in [0.05, 0.1) is 52.7 Å². The second-order valence-electron chi connectivity index (χ2n) is 5.56. The van der Waals surface area contributed by atoms with Gasteiger partial charge in [-0.15, -0.1) is 11.3 Å². The molecule has 0 bridgehead atoms. The fraction of sp³-hybridized carbons (Fsp3) is 0.412. The number of anilines is 1. The molecule has 1 fully saturated rings. The van der Waals surface area contributed by atoms with Gasteiger partial charge in [0.25, 0.3) is 0 Å². The molecule has 2 aromatic heterocycles. The summed E-state index contributed by atoms with van der Waals surface area (Å²) in [6.45, 7) is 4.67. The summed E-state index contributed by atoms with van der Waals surface area (Å²) in [6, 6.07) is 7.33. The number of pyridine rings is 1. The van der Waals surface area contributed by atoms with Crippen LogP contribution in [0.25, 0.3) is 10.6 Å². The van der Waals surface area contributed by atoms with Crippen LogP contribution in [-0.4, -0.2) is 54.9 Å². The first kappa shape index (κ1) is 18.1. The van der Waals surface area contributed by atoms with Crippen molar-refractivity contribution in [3.8, 4) is 10.6 Å². The van der Waals surface area contributed by atoms with Gasteiger partial charge >= 0.3 is 6.03 Å². The van der Waals surface area contributed by atoms with Gasteiger partial charge in [0, 0.05) is 13.2 Å². The fourth-order valence-electron chi connectivity index (χ4n) is 2.52. The minimum absolute atomic E-state index is 0.0801. The van der Waals surface area contributed by atoms with Crippen molar-refractivity contribution < 1.29 is 14.3 Å². The van der Waals surface area contributed by atoms with Gasteiger partial charge in [0.1, 0.15) is 0 Å². The van der Waals surface area contributed by atoms with Crippen LogP contribution in [0.5, 0.6) is 0 Å². The smallest absolute Gasteiger partial charge is 0.322 e. The Kier molecular flexibility index (Phi) is 6.25. The highest BCUT2D eigenvalue weighted by atomic mass is 35.5. The van der Waals surface area contributed by atoms with E-state index in [1.807, 2.05) is 31.2 Å². The summed E-state index contributed by atoms with van der Waals surface area (Å²) in [5, 5.41) is 2.88. The van der Waals surface area contributed by atoms with Crippen molar-refractivity contribution in [2.75, 3.05) is 38.2 Å². The molecule has 8 heteroatoms. The number of nitrogens with zero attached hydrogens (tertiary/aromatic N) is 2. The number of carbonyl (C=O) groups is 1. The number of halogens is 1. The molecule has 134 valence electrons. The number of hydrogen-bond acceptors (Lipinski definition) is 5. The van der Waals surface area contributed by atoms with Gasteiger partial charge in [-0.3, -0.25) is 4.98 Å². The molecule has 1 aliphatic rings. The second-order valence-corrected chi connectivity index (χ2v) is 7.28. The molecule has 6 nitrogen and oxygen atoms in total. The predicted octanol–water partition coefficient (Wildman–Crippen LogP) is 3.73. The molecule has 0 saturated carbocycles. The number of thiophene rings is 1. The molecule has 0 aromatic carbocycles. The molecule has 1 unspecified atom stereocenters. The lowest BCUT2D eigenvalue weighted by Gasteiger charge is -2.32. The molecule has 2 amide bonds. The second kappa shape index (κ2) is 8.62. The average molecular weight is 382 g/mol. The fourth-order valence-corrected chi connectivity index (χ4v) is 3.54. The van der Waals surface area contributed by atoms with Crippen LogP contribution in [0.15, 0.2) is 30.5 Å². The van der Waals surface area contributed by atoms with E-state index < -0.39 is 0 Å². The zero-order valence-electron chi connectivity index (χ0n) is 13.9. The Morgan fingerprint density at radius 3 is 3.04 bits per heavy atom. The molecular formula is C17H20ClN3O3S. The Morgan fingerprint density at radius 2 is 2.36 bits per heavy atom. The van der Waals surface area contributed by atoms with Crippen LogP contribution < -0.4 is 5.32 Å². The normalized spacial score (nSPS) is 17.5. The molecule has 0 spiro atoms. The Balaban J connectivity index is 1.57. The Morgan fingerprint density at radius 1 is 1.48 bits per heavy atom. The predicted molar refractivity (Wildman–Crippen MR) is 99.4 cm³/mol. The van der Waals surface area contributed by atoms with Crippen molar-refractivity contribution in [1.82, 2.24) is 9.88 Å². The summed E-state index contributed by atoms with van der Waals surface area (Å²) in [5.74, 6) is 0. The number of hydrogen-bond donors (Lipinski definition) is 1. The van der Waals surface area contributed by atoms with Crippen molar-refractivity contribution in [2.45, 2.75) is 13.0 Å². The molecule has 0 radical (unpaired) electrons. The van der Waals surface area contributed by atoms with Crippen molar-refractivity contribution in [3.05, 3.63) is 34.8 Å². The van der Waals surface area contributed by atoms with Gasteiger partial charge < -0.3 is 19.7 Å². The zero-order chi connectivity index (χ0) is 17.6. The number of nitrogens with one attached hydrogen (secondary N) is 1. The quantitative estimate of drug-likeness (QED) is 0.857. The minimum atomic E-state index is -0.154. The van der Waals surface area contributed by atoms with E-state index in [0.717, 1.165) is 14.9 Å². The summed E-state index contributed by atoms with van der Waals surface area (Å²) in [6.07, 6.45) is 1.57. The van der Waals surface area contributed by atoms with E-state index in [1.54, 1.807) is 11.1 Å². The molecule has 1 N–H and O–H groups in total. The van der Waals surface area contributed by atoms with E-state index in [9.17, 15) is 4.79 Å². The SMILES string of the molecule is CCOCC1CN(C(=O)Nc2ccc(-c3ccc(Cl)s3)nc2)CCO1. The van der Waals surface area contributed by atoms with Crippen LogP contribution in [0.2, 0.25) is 4.34 Å². The highest BCUT2D eigenvalue weighted by molar-refractivity contribution is 7.19. The van der Waals surface area contributed by atoms with Gasteiger partial charge in [0.2, 0.25) is 0 Å². The third kappa shape index (κ3) is 4.92. The van der Waals surface area contributed by atoms with E-state index in [4.69, 9.17) is 21.1 Å². The zero-order valence-corrected chi connectivity index (χ0v) is 15.5. The largest absolute Gasteiger partial charge is 0.379 e. The Hall–Kier alpha value is -1.67. The molecule has 1 atom stereocenters. The lowest BCUT2D eigenvalue weighted by Crippen LogP contribution is -2.48. The number of morpholine rings is 1. The number of carbonyl (C=O) groups excluding carboxylic acids is 1. The highest BCUT2D eigenvalue weighted by Gasteiger charge is 2.24. The summed E-state index contributed by atoms with van der Waals surface area (Å²) in [7, 11) is 0. The molecule has 0 aliphatic carbocycles. The maximum absolute atomic E-state index is 12.4. The molecule has 3 heterocycles. The van der Waals surface area contributed by atoms with Crippen LogP contribution in [0.4, 0.5) is 10.5 Å². The van der Waals surface area contributed by atoms with E-state index in [1.165, 1.54) is 11.3 Å². The first-order valence-corrected chi connectivity index (χ1v) is 9.32. The van der Waals surface area contributed by atoms with E-state index in [-0.39, 0.29) is 12.1 Å². The lowest BCUT2D eigenvalue weighted by molar-refractivity contribution is -0.0555. The molecule has 2 aromatic rings. The lowest BCUT2D eigenvalue weighted by atomic mass is 10.3. The van der Waals surface area contributed by atoms with E-state index in [0.29, 0.717) is 38.6 Å². The van der Waals surface area contributed by atoms with Gasteiger partial charge in [-0.25, -0.2) is 4.79 Å². The third-order valence-corrected chi connectivity index (χ3v) is 5.03. The van der Waals surface area contributed by atoms with Gasteiger partial charge in [-0.1, -0.05) is 11.6 Å². The highest BCUT2D eigenvalue weighted by Crippen LogP contribution is 2.30. The van der Waals surface area contributed by atoms with Crippen LogP contribution in [-0.2, 0) is 9.47 Å². The van der Waals surface area contributed by atoms with Crippen molar-refractivity contribution in [3.63, 3.8) is 0 Å². The number of rotatable bonds is 5. The van der Waals surface area contributed by atoms with E-state index >= 15 is 0 Å². The topological polar surface area (TPSA) is 63.7 Å². The van der Waals surface area contributed by atoms with Crippen molar-refractivity contribution in [2.24, 2.45) is 0 Å². The summed E-state index contributed by atoms with van der Waals surface area (Å²) >= 11 is 7.42. The Bertz CT molecular complexity index is 707. The number of amides is 2. The maximum atomic E-state index is 12.4. The maximum Gasteiger partial charge on any atom is 0.322 e. The number of urea groups is 1. The monoisotopic (exact) mass is 381 g/mol.